The van der Waals surface area contributed by atoms with Gasteiger partial charge in [0.15, 0.2) is 0 Å². The van der Waals surface area contributed by atoms with Crippen LogP contribution in [0.15, 0.2) is 53.9 Å². The van der Waals surface area contributed by atoms with E-state index in [4.69, 9.17) is 5.73 Å². The van der Waals surface area contributed by atoms with E-state index in [2.05, 4.69) is 53.2 Å². The second kappa shape index (κ2) is 5.06. The van der Waals surface area contributed by atoms with Crippen molar-refractivity contribution in [1.82, 2.24) is 0 Å². The number of thiophene rings is 2. The smallest absolute Gasteiger partial charge is 0.0605 e. The van der Waals surface area contributed by atoms with Crippen LogP contribution in [0.3, 0.4) is 0 Å². The fraction of sp³-hybridized carbons (Fsp3) is 0.0588. The van der Waals surface area contributed by atoms with Crippen LogP contribution in [0, 0.1) is 0 Å². The molecule has 0 radical (unpaired) electrons. The van der Waals surface area contributed by atoms with Crippen molar-refractivity contribution in [2.75, 3.05) is 11.1 Å². The second-order valence-electron chi connectivity index (χ2n) is 4.94. The zero-order chi connectivity index (χ0) is 14.2. The fourth-order valence-electron chi connectivity index (χ4n) is 2.59. The van der Waals surface area contributed by atoms with E-state index in [-0.39, 0.29) is 0 Å². The first-order valence-electron chi connectivity index (χ1n) is 6.79. The molecule has 4 rings (SSSR count). The zero-order valence-electron chi connectivity index (χ0n) is 11.3. The Labute approximate surface area is 130 Å². The van der Waals surface area contributed by atoms with Gasteiger partial charge in [0.05, 0.1) is 4.70 Å². The van der Waals surface area contributed by atoms with Crippen LogP contribution in [0.1, 0.15) is 4.88 Å². The van der Waals surface area contributed by atoms with Gasteiger partial charge in [0.1, 0.15) is 0 Å². The average molecular weight is 310 g/mol. The number of nitrogens with two attached hydrogens (primary N) is 1. The summed E-state index contributed by atoms with van der Waals surface area (Å²) in [6.45, 7) is 0.848. The first-order chi connectivity index (χ1) is 10.3. The number of hydrogen-bond donors (Lipinski definition) is 2. The quantitative estimate of drug-likeness (QED) is 0.503. The lowest BCUT2D eigenvalue weighted by Gasteiger charge is -2.08. The van der Waals surface area contributed by atoms with Crippen LogP contribution in [-0.2, 0) is 6.54 Å². The molecule has 4 heteroatoms. The van der Waals surface area contributed by atoms with Crippen molar-refractivity contribution < 1.29 is 0 Å². The number of rotatable bonds is 3. The van der Waals surface area contributed by atoms with Crippen molar-refractivity contribution in [2.45, 2.75) is 6.54 Å². The van der Waals surface area contributed by atoms with Crippen molar-refractivity contribution in [3.8, 4) is 0 Å². The Hall–Kier alpha value is -2.04. The molecule has 0 atom stereocenters. The highest BCUT2D eigenvalue weighted by atomic mass is 32.1. The van der Waals surface area contributed by atoms with Crippen LogP contribution in [-0.4, -0.2) is 0 Å². The summed E-state index contributed by atoms with van der Waals surface area (Å²) in [4.78, 5) is 1.33. The van der Waals surface area contributed by atoms with E-state index in [0.29, 0.717) is 0 Å². The molecule has 0 aliphatic rings. The molecule has 0 saturated heterocycles. The molecule has 104 valence electrons. The summed E-state index contributed by atoms with van der Waals surface area (Å²) in [7, 11) is 0. The van der Waals surface area contributed by atoms with Gasteiger partial charge in [0, 0.05) is 38.3 Å². The first-order valence-corrected chi connectivity index (χ1v) is 8.48. The third-order valence-electron chi connectivity index (χ3n) is 3.59. The monoisotopic (exact) mass is 310 g/mol. The molecule has 0 bridgehead atoms. The van der Waals surface area contributed by atoms with Crippen LogP contribution in [0.25, 0.3) is 20.2 Å². The minimum atomic E-state index is 0.848. The number of fused-ring (bicyclic) bond motifs is 3. The van der Waals surface area contributed by atoms with Gasteiger partial charge < -0.3 is 11.1 Å². The summed E-state index contributed by atoms with van der Waals surface area (Å²) >= 11 is 3.54. The molecule has 4 aromatic rings. The molecule has 2 aromatic carbocycles. The minimum absolute atomic E-state index is 0.848. The van der Waals surface area contributed by atoms with Gasteiger partial charge in [-0.2, -0.15) is 0 Å². The van der Waals surface area contributed by atoms with E-state index in [1.165, 1.54) is 25.0 Å². The third-order valence-corrected chi connectivity index (χ3v) is 5.69. The lowest BCUT2D eigenvalue weighted by molar-refractivity contribution is 1.20. The van der Waals surface area contributed by atoms with Gasteiger partial charge in [-0.3, -0.25) is 0 Å². The van der Waals surface area contributed by atoms with Crippen molar-refractivity contribution >= 4 is 54.2 Å². The maximum atomic E-state index is 6.16. The number of nitrogens with one attached hydrogen (secondary N) is 1. The van der Waals surface area contributed by atoms with E-state index < -0.39 is 0 Å². The Morgan fingerprint density at radius 3 is 2.76 bits per heavy atom. The summed E-state index contributed by atoms with van der Waals surface area (Å²) < 4.78 is 2.46. The third kappa shape index (κ3) is 2.17. The molecule has 0 amide bonds. The molecule has 0 spiro atoms. The summed E-state index contributed by atoms with van der Waals surface area (Å²) in [6, 6.07) is 16.8. The Balaban J connectivity index is 1.86. The van der Waals surface area contributed by atoms with Crippen molar-refractivity contribution in [2.24, 2.45) is 0 Å². The lowest BCUT2D eigenvalue weighted by atomic mass is 10.1. The highest BCUT2D eigenvalue weighted by Crippen LogP contribution is 2.41. The second-order valence-corrected chi connectivity index (χ2v) is 7.02. The lowest BCUT2D eigenvalue weighted by Crippen LogP contribution is -1.98. The maximum Gasteiger partial charge on any atom is 0.0605 e. The van der Waals surface area contributed by atoms with Crippen LogP contribution in [0.4, 0.5) is 11.4 Å². The molecule has 2 nitrogen and oxygen atoms in total. The molecule has 2 heterocycles. The van der Waals surface area contributed by atoms with Gasteiger partial charge >= 0.3 is 0 Å². The molecule has 0 aliphatic heterocycles. The van der Waals surface area contributed by atoms with Crippen molar-refractivity contribution in [1.29, 1.82) is 0 Å². The van der Waals surface area contributed by atoms with Crippen LogP contribution in [0.2, 0.25) is 0 Å². The fourth-order valence-corrected chi connectivity index (χ4v) is 4.39. The van der Waals surface area contributed by atoms with E-state index >= 15 is 0 Å². The van der Waals surface area contributed by atoms with Gasteiger partial charge in [0.25, 0.3) is 0 Å². The Morgan fingerprint density at radius 1 is 1.00 bits per heavy atom. The molecular weight excluding hydrogens is 296 g/mol. The van der Waals surface area contributed by atoms with Crippen molar-refractivity contribution in [3.05, 3.63) is 58.8 Å². The van der Waals surface area contributed by atoms with E-state index in [0.717, 1.165) is 17.9 Å². The molecular formula is C17H14N2S2. The number of anilines is 2. The predicted molar refractivity (Wildman–Crippen MR) is 95.4 cm³/mol. The standard InChI is InChI=1S/C17H14N2S2/c18-13-7-8-14(19-10-11-4-3-9-20-11)16-12-5-1-2-6-15(12)21-17(13)16/h1-9,19H,10,18H2. The number of benzene rings is 2. The minimum Gasteiger partial charge on any atom is -0.398 e. The normalized spacial score (nSPS) is 11.2. The van der Waals surface area contributed by atoms with Crippen molar-refractivity contribution in [3.63, 3.8) is 0 Å². The largest absolute Gasteiger partial charge is 0.398 e. The van der Waals surface area contributed by atoms with E-state index in [1.807, 2.05) is 6.07 Å². The summed E-state index contributed by atoms with van der Waals surface area (Å²) in [6.07, 6.45) is 0. The summed E-state index contributed by atoms with van der Waals surface area (Å²) in [5, 5.41) is 8.18. The zero-order valence-corrected chi connectivity index (χ0v) is 12.9. The molecule has 0 unspecified atom stereocenters. The topological polar surface area (TPSA) is 38.0 Å². The molecule has 0 fully saturated rings. The highest BCUT2D eigenvalue weighted by molar-refractivity contribution is 7.26. The Morgan fingerprint density at radius 2 is 1.90 bits per heavy atom. The number of nitrogen functional groups attached to an aromatic ring is 1. The van der Waals surface area contributed by atoms with E-state index in [1.54, 1.807) is 22.7 Å². The van der Waals surface area contributed by atoms with Crippen LogP contribution in [0.5, 0.6) is 0 Å². The van der Waals surface area contributed by atoms with Gasteiger partial charge in [-0.05, 0) is 29.6 Å². The molecule has 0 aliphatic carbocycles. The number of hydrogen-bond acceptors (Lipinski definition) is 4. The molecule has 2 aromatic heterocycles. The average Bonchev–Trinajstić information content (AvgIpc) is 3.14. The van der Waals surface area contributed by atoms with Gasteiger partial charge in [-0.25, -0.2) is 0 Å². The molecule has 21 heavy (non-hydrogen) atoms. The van der Waals surface area contributed by atoms with Crippen LogP contribution >= 0.6 is 22.7 Å². The Bertz CT molecular complexity index is 907. The SMILES string of the molecule is Nc1ccc(NCc2cccs2)c2c1sc1ccccc12. The van der Waals surface area contributed by atoms with Crippen LogP contribution < -0.4 is 11.1 Å². The van der Waals surface area contributed by atoms with Gasteiger partial charge in [-0.15, -0.1) is 22.7 Å². The summed E-state index contributed by atoms with van der Waals surface area (Å²) in [5.74, 6) is 0. The molecule has 0 saturated carbocycles. The van der Waals surface area contributed by atoms with Gasteiger partial charge in [-0.1, -0.05) is 24.3 Å². The first kappa shape index (κ1) is 12.7. The maximum absolute atomic E-state index is 6.16. The highest BCUT2D eigenvalue weighted by Gasteiger charge is 2.11. The Kier molecular flexibility index (Phi) is 3.05. The van der Waals surface area contributed by atoms with Gasteiger partial charge in [0.2, 0.25) is 0 Å². The molecule has 3 N–H and O–H groups in total. The predicted octanol–water partition coefficient (Wildman–Crippen LogP) is 5.31. The van der Waals surface area contributed by atoms with E-state index in [9.17, 15) is 0 Å². The summed E-state index contributed by atoms with van der Waals surface area (Å²) in [5.41, 5.74) is 8.18.